The van der Waals surface area contributed by atoms with Gasteiger partial charge in [-0.1, -0.05) is 15.9 Å². The quantitative estimate of drug-likeness (QED) is 0.730. The number of hydrogen-bond donors (Lipinski definition) is 1. The smallest absolute Gasteiger partial charge is 0.139 e. The number of anilines is 1. The van der Waals surface area contributed by atoms with Crippen LogP contribution >= 0.6 is 15.9 Å². The molecule has 1 aromatic carbocycles. The molecule has 2 atom stereocenters. The van der Waals surface area contributed by atoms with Crippen molar-refractivity contribution in [3.8, 4) is 0 Å². The Hall–Kier alpha value is -1.99. The summed E-state index contributed by atoms with van der Waals surface area (Å²) in [6.45, 7) is 1.69. The predicted molar refractivity (Wildman–Crippen MR) is 100 cm³/mol. The first-order chi connectivity index (χ1) is 12.1. The number of hydrogen-bond acceptors (Lipinski definition) is 5. The van der Waals surface area contributed by atoms with Crippen LogP contribution in [0.2, 0.25) is 0 Å². The van der Waals surface area contributed by atoms with Gasteiger partial charge >= 0.3 is 0 Å². The number of aryl methyl sites for hydroxylation is 1. The molecule has 7 heteroatoms. The highest BCUT2D eigenvalue weighted by Crippen LogP contribution is 2.33. The van der Waals surface area contributed by atoms with Crippen molar-refractivity contribution in [3.05, 3.63) is 47.2 Å². The van der Waals surface area contributed by atoms with E-state index < -0.39 is 6.10 Å². The SMILES string of the molecule is Cn1ccnc1C(O)C1CCCN(c2ncnc3ccc(Br)cc23)C1. The topological polar surface area (TPSA) is 67.1 Å². The van der Waals surface area contributed by atoms with Gasteiger partial charge in [-0.15, -0.1) is 0 Å². The molecule has 1 N–H and O–H groups in total. The largest absolute Gasteiger partial charge is 0.385 e. The third-order valence-electron chi connectivity index (χ3n) is 4.90. The van der Waals surface area contributed by atoms with Crippen LogP contribution in [0.4, 0.5) is 5.82 Å². The number of piperidine rings is 1. The fraction of sp³-hybridized carbons (Fsp3) is 0.389. The normalized spacial score (nSPS) is 19.3. The standard InChI is InChI=1S/C18H20BrN5O/c1-23-8-6-20-18(23)16(25)12-3-2-7-24(10-12)17-14-9-13(19)4-5-15(14)21-11-22-17/h4-6,8-9,11-12,16,25H,2-3,7,10H2,1H3. The van der Waals surface area contributed by atoms with E-state index in [0.717, 1.165) is 52.9 Å². The van der Waals surface area contributed by atoms with E-state index in [1.54, 1.807) is 12.5 Å². The third kappa shape index (κ3) is 3.14. The minimum Gasteiger partial charge on any atom is -0.385 e. The third-order valence-corrected chi connectivity index (χ3v) is 5.40. The van der Waals surface area contributed by atoms with E-state index in [0.29, 0.717) is 0 Å². The van der Waals surface area contributed by atoms with Crippen molar-refractivity contribution in [2.24, 2.45) is 13.0 Å². The van der Waals surface area contributed by atoms with E-state index in [9.17, 15) is 5.11 Å². The summed E-state index contributed by atoms with van der Waals surface area (Å²) in [7, 11) is 1.92. The number of fused-ring (bicyclic) bond motifs is 1. The molecule has 0 amide bonds. The van der Waals surface area contributed by atoms with Crippen LogP contribution in [0.25, 0.3) is 10.9 Å². The van der Waals surface area contributed by atoms with E-state index in [-0.39, 0.29) is 5.92 Å². The molecule has 25 heavy (non-hydrogen) atoms. The molecule has 0 radical (unpaired) electrons. The van der Waals surface area contributed by atoms with Gasteiger partial charge in [-0.05, 0) is 31.0 Å². The van der Waals surface area contributed by atoms with E-state index in [1.807, 2.05) is 29.9 Å². The molecule has 1 fully saturated rings. The van der Waals surface area contributed by atoms with Crippen molar-refractivity contribution >= 4 is 32.7 Å². The Kier molecular flexibility index (Phi) is 4.43. The molecule has 1 saturated heterocycles. The molecule has 3 aromatic rings. The lowest BCUT2D eigenvalue weighted by atomic mass is 9.91. The molecule has 0 aliphatic carbocycles. The highest BCUT2D eigenvalue weighted by molar-refractivity contribution is 9.10. The number of aromatic nitrogens is 4. The Morgan fingerprint density at radius 3 is 2.96 bits per heavy atom. The van der Waals surface area contributed by atoms with Crippen molar-refractivity contribution < 1.29 is 5.11 Å². The molecule has 1 aliphatic heterocycles. The van der Waals surface area contributed by atoms with Crippen LogP contribution in [0.1, 0.15) is 24.8 Å². The first kappa shape index (κ1) is 16.5. The summed E-state index contributed by atoms with van der Waals surface area (Å²) in [5.74, 6) is 1.79. The van der Waals surface area contributed by atoms with E-state index >= 15 is 0 Å². The maximum absolute atomic E-state index is 10.8. The first-order valence-corrected chi connectivity index (χ1v) is 9.23. The minimum absolute atomic E-state index is 0.131. The predicted octanol–water partition coefficient (Wildman–Crippen LogP) is 3.08. The van der Waals surface area contributed by atoms with E-state index in [2.05, 4.69) is 41.8 Å². The van der Waals surface area contributed by atoms with Crippen molar-refractivity contribution in [3.63, 3.8) is 0 Å². The maximum atomic E-state index is 10.8. The Labute approximate surface area is 154 Å². The summed E-state index contributed by atoms with van der Waals surface area (Å²) in [4.78, 5) is 15.5. The van der Waals surface area contributed by atoms with Crippen LogP contribution in [0.3, 0.4) is 0 Å². The average Bonchev–Trinajstić information content (AvgIpc) is 3.06. The molecule has 4 rings (SSSR count). The number of rotatable bonds is 3. The Morgan fingerprint density at radius 1 is 1.28 bits per heavy atom. The molecule has 0 bridgehead atoms. The number of halogens is 1. The van der Waals surface area contributed by atoms with E-state index in [1.165, 1.54) is 0 Å². The van der Waals surface area contributed by atoms with Crippen LogP contribution < -0.4 is 4.90 Å². The van der Waals surface area contributed by atoms with Gasteiger partial charge in [0.2, 0.25) is 0 Å². The molecule has 3 heterocycles. The number of imidazole rings is 1. The number of benzene rings is 1. The highest BCUT2D eigenvalue weighted by Gasteiger charge is 2.30. The molecular weight excluding hydrogens is 382 g/mol. The summed E-state index contributed by atoms with van der Waals surface area (Å²) < 4.78 is 2.90. The zero-order valence-corrected chi connectivity index (χ0v) is 15.6. The van der Waals surface area contributed by atoms with Gasteiger partial charge in [0.15, 0.2) is 0 Å². The second kappa shape index (κ2) is 6.72. The van der Waals surface area contributed by atoms with Crippen LogP contribution in [0.5, 0.6) is 0 Å². The zero-order valence-electron chi connectivity index (χ0n) is 14.0. The van der Waals surface area contributed by atoms with Crippen LogP contribution in [-0.4, -0.2) is 37.7 Å². The zero-order chi connectivity index (χ0) is 17.4. The monoisotopic (exact) mass is 401 g/mol. The van der Waals surface area contributed by atoms with Crippen molar-refractivity contribution in [1.29, 1.82) is 0 Å². The van der Waals surface area contributed by atoms with Crippen molar-refractivity contribution in [2.45, 2.75) is 18.9 Å². The summed E-state index contributed by atoms with van der Waals surface area (Å²) >= 11 is 3.53. The van der Waals surface area contributed by atoms with Gasteiger partial charge < -0.3 is 14.6 Å². The van der Waals surface area contributed by atoms with Gasteiger partial charge in [0.25, 0.3) is 0 Å². The van der Waals surface area contributed by atoms with Crippen molar-refractivity contribution in [2.75, 3.05) is 18.0 Å². The Balaban J connectivity index is 1.64. The van der Waals surface area contributed by atoms with Crippen LogP contribution in [0.15, 0.2) is 41.4 Å². The molecule has 2 aromatic heterocycles. The van der Waals surface area contributed by atoms with Gasteiger partial charge in [-0.25, -0.2) is 15.0 Å². The highest BCUT2D eigenvalue weighted by atomic mass is 79.9. The van der Waals surface area contributed by atoms with Gasteiger partial charge in [0.1, 0.15) is 24.1 Å². The van der Waals surface area contributed by atoms with Crippen molar-refractivity contribution in [1.82, 2.24) is 19.5 Å². The lowest BCUT2D eigenvalue weighted by Gasteiger charge is -2.36. The first-order valence-electron chi connectivity index (χ1n) is 8.44. The summed E-state index contributed by atoms with van der Waals surface area (Å²) in [5, 5.41) is 11.8. The average molecular weight is 402 g/mol. The lowest BCUT2D eigenvalue weighted by molar-refractivity contribution is 0.0874. The summed E-state index contributed by atoms with van der Waals surface area (Å²) in [6, 6.07) is 6.04. The number of nitrogens with zero attached hydrogens (tertiary/aromatic N) is 5. The Morgan fingerprint density at radius 2 is 2.16 bits per heavy atom. The fourth-order valence-electron chi connectivity index (χ4n) is 3.60. The molecule has 1 aliphatic rings. The van der Waals surface area contributed by atoms with Gasteiger partial charge in [-0.3, -0.25) is 0 Å². The fourth-order valence-corrected chi connectivity index (χ4v) is 3.96. The van der Waals surface area contributed by atoms with Gasteiger partial charge in [0, 0.05) is 48.3 Å². The second-order valence-electron chi connectivity index (χ2n) is 6.55. The van der Waals surface area contributed by atoms with Crippen LogP contribution in [0, 0.1) is 5.92 Å². The molecule has 6 nitrogen and oxygen atoms in total. The second-order valence-corrected chi connectivity index (χ2v) is 7.46. The summed E-state index contributed by atoms with van der Waals surface area (Å²) in [6.07, 6.45) is 6.65. The van der Waals surface area contributed by atoms with Gasteiger partial charge in [0.05, 0.1) is 5.52 Å². The minimum atomic E-state index is -0.567. The number of aliphatic hydroxyl groups excluding tert-OH is 1. The van der Waals surface area contributed by atoms with Crippen LogP contribution in [-0.2, 0) is 7.05 Å². The number of aliphatic hydroxyl groups is 1. The molecule has 130 valence electrons. The van der Waals surface area contributed by atoms with Gasteiger partial charge in [-0.2, -0.15) is 0 Å². The summed E-state index contributed by atoms with van der Waals surface area (Å²) in [5.41, 5.74) is 0.931. The lowest BCUT2D eigenvalue weighted by Crippen LogP contribution is -2.39. The maximum Gasteiger partial charge on any atom is 0.139 e. The van der Waals surface area contributed by atoms with E-state index in [4.69, 9.17) is 0 Å². The molecule has 2 unspecified atom stereocenters. The Bertz CT molecular complexity index is 896. The molecular formula is C18H20BrN5O. The molecule has 0 saturated carbocycles. The molecule has 0 spiro atoms.